The SMILES string of the molecule is COCCCNC(=O)[C@]1(C)Cn2nc(-c3ccccc3)cc2C(=O)N1c1cccc(Cl)c1C. The van der Waals surface area contributed by atoms with Crippen LogP contribution < -0.4 is 10.2 Å². The molecule has 1 N–H and O–H groups in total. The van der Waals surface area contributed by atoms with Crippen LogP contribution in [0.5, 0.6) is 0 Å². The van der Waals surface area contributed by atoms with Gasteiger partial charge in [-0.15, -0.1) is 0 Å². The highest BCUT2D eigenvalue weighted by Gasteiger charge is 2.49. The summed E-state index contributed by atoms with van der Waals surface area (Å²) in [6.45, 7) is 4.81. The van der Waals surface area contributed by atoms with E-state index in [9.17, 15) is 9.59 Å². The molecular weight excluding hydrogens is 440 g/mol. The first-order chi connectivity index (χ1) is 15.9. The molecule has 0 spiro atoms. The predicted molar refractivity (Wildman–Crippen MR) is 129 cm³/mol. The minimum absolute atomic E-state index is 0.211. The third-order valence-corrected chi connectivity index (χ3v) is 6.41. The lowest BCUT2D eigenvalue weighted by molar-refractivity contribution is -0.126. The average Bonchev–Trinajstić information content (AvgIpc) is 3.24. The number of fused-ring (bicyclic) bond motifs is 1. The number of methoxy groups -OCH3 is 1. The van der Waals surface area contributed by atoms with Gasteiger partial charge in [-0.05, 0) is 44.0 Å². The Morgan fingerprint density at radius 1 is 1.21 bits per heavy atom. The summed E-state index contributed by atoms with van der Waals surface area (Å²) in [6, 6.07) is 16.8. The third kappa shape index (κ3) is 4.26. The molecule has 172 valence electrons. The van der Waals surface area contributed by atoms with E-state index in [0.29, 0.717) is 41.7 Å². The van der Waals surface area contributed by atoms with Crippen LogP contribution in [0.25, 0.3) is 11.3 Å². The molecule has 1 aliphatic rings. The Labute approximate surface area is 198 Å². The first kappa shape index (κ1) is 23.0. The molecule has 0 saturated heterocycles. The maximum atomic E-state index is 13.8. The summed E-state index contributed by atoms with van der Waals surface area (Å²) >= 11 is 6.39. The van der Waals surface area contributed by atoms with Crippen molar-refractivity contribution in [2.45, 2.75) is 32.4 Å². The molecule has 2 aromatic carbocycles. The van der Waals surface area contributed by atoms with E-state index >= 15 is 0 Å². The molecule has 8 heteroatoms. The Hall–Kier alpha value is -3.16. The Bertz CT molecular complexity index is 1180. The molecule has 0 unspecified atom stereocenters. The molecule has 1 aliphatic heterocycles. The summed E-state index contributed by atoms with van der Waals surface area (Å²) in [6.07, 6.45) is 0.674. The molecular formula is C25H27ClN4O3. The molecule has 0 aliphatic carbocycles. The quantitative estimate of drug-likeness (QED) is 0.532. The second-order valence-corrected chi connectivity index (χ2v) is 8.75. The number of nitrogens with zero attached hydrogens (tertiary/aromatic N) is 3. The maximum absolute atomic E-state index is 13.8. The van der Waals surface area contributed by atoms with Gasteiger partial charge in [0.05, 0.1) is 12.2 Å². The number of hydrogen-bond acceptors (Lipinski definition) is 4. The van der Waals surface area contributed by atoms with Crippen LogP contribution in [0.1, 0.15) is 29.4 Å². The first-order valence-electron chi connectivity index (χ1n) is 10.9. The summed E-state index contributed by atoms with van der Waals surface area (Å²) in [7, 11) is 1.62. The molecule has 0 radical (unpaired) electrons. The van der Waals surface area contributed by atoms with Gasteiger partial charge in [-0.25, -0.2) is 0 Å². The number of hydrogen-bond donors (Lipinski definition) is 1. The Kier molecular flexibility index (Phi) is 6.54. The minimum atomic E-state index is -1.20. The van der Waals surface area contributed by atoms with Gasteiger partial charge in [-0.2, -0.15) is 5.10 Å². The topological polar surface area (TPSA) is 76.5 Å². The fourth-order valence-electron chi connectivity index (χ4n) is 4.16. The van der Waals surface area contributed by atoms with Gasteiger partial charge in [0.25, 0.3) is 5.91 Å². The Morgan fingerprint density at radius 3 is 2.70 bits per heavy atom. The van der Waals surface area contributed by atoms with Gasteiger partial charge in [-0.1, -0.05) is 48.0 Å². The van der Waals surface area contributed by atoms with Crippen molar-refractivity contribution in [1.29, 1.82) is 0 Å². The number of anilines is 1. The number of ether oxygens (including phenoxy) is 1. The van der Waals surface area contributed by atoms with Crippen molar-refractivity contribution in [2.75, 3.05) is 25.2 Å². The van der Waals surface area contributed by atoms with E-state index in [1.807, 2.05) is 43.3 Å². The van der Waals surface area contributed by atoms with Crippen molar-refractivity contribution in [3.8, 4) is 11.3 Å². The zero-order valence-electron chi connectivity index (χ0n) is 19.0. The van der Waals surface area contributed by atoms with Crippen molar-refractivity contribution < 1.29 is 14.3 Å². The highest BCUT2D eigenvalue weighted by Crippen LogP contribution is 2.37. The van der Waals surface area contributed by atoms with Gasteiger partial charge in [0.1, 0.15) is 11.2 Å². The van der Waals surface area contributed by atoms with Crippen LogP contribution in [-0.4, -0.2) is 47.4 Å². The number of carbonyl (C=O) groups excluding carboxylic acids is 2. The number of amides is 2. The summed E-state index contributed by atoms with van der Waals surface area (Å²) in [5, 5.41) is 8.17. The average molecular weight is 467 g/mol. The first-order valence-corrected chi connectivity index (χ1v) is 11.2. The molecule has 2 amide bonds. The molecule has 0 fully saturated rings. The van der Waals surface area contributed by atoms with E-state index in [1.165, 1.54) is 0 Å². The molecule has 1 aromatic heterocycles. The van der Waals surface area contributed by atoms with Crippen LogP contribution >= 0.6 is 11.6 Å². The maximum Gasteiger partial charge on any atom is 0.277 e. The fourth-order valence-corrected chi connectivity index (χ4v) is 4.33. The molecule has 33 heavy (non-hydrogen) atoms. The van der Waals surface area contributed by atoms with Crippen LogP contribution in [0.15, 0.2) is 54.6 Å². The Balaban J connectivity index is 1.78. The summed E-state index contributed by atoms with van der Waals surface area (Å²) in [5.41, 5.74) is 2.16. The lowest BCUT2D eigenvalue weighted by atomic mass is 9.93. The zero-order valence-corrected chi connectivity index (χ0v) is 19.7. The van der Waals surface area contributed by atoms with Gasteiger partial charge in [0.15, 0.2) is 0 Å². The largest absolute Gasteiger partial charge is 0.385 e. The predicted octanol–water partition coefficient (Wildman–Crippen LogP) is 4.08. The third-order valence-electron chi connectivity index (χ3n) is 6.00. The fraction of sp³-hybridized carbons (Fsp3) is 0.320. The lowest BCUT2D eigenvalue weighted by Gasteiger charge is -2.43. The molecule has 2 heterocycles. The summed E-state index contributed by atoms with van der Waals surface area (Å²) < 4.78 is 6.71. The molecule has 1 atom stereocenters. The highest BCUT2D eigenvalue weighted by atomic mass is 35.5. The number of aromatic nitrogens is 2. The minimum Gasteiger partial charge on any atom is -0.385 e. The molecule has 0 bridgehead atoms. The van der Waals surface area contributed by atoms with Gasteiger partial charge in [0, 0.05) is 36.5 Å². The molecule has 7 nitrogen and oxygen atoms in total. The van der Waals surface area contributed by atoms with Crippen LogP contribution in [0.3, 0.4) is 0 Å². The second kappa shape index (κ2) is 9.37. The summed E-state index contributed by atoms with van der Waals surface area (Å²) in [5.74, 6) is -0.551. The number of nitrogens with one attached hydrogen (secondary N) is 1. The van der Waals surface area contributed by atoms with Gasteiger partial charge in [0.2, 0.25) is 5.91 Å². The van der Waals surface area contributed by atoms with E-state index in [1.54, 1.807) is 41.8 Å². The zero-order chi connectivity index (χ0) is 23.6. The molecule has 3 aromatic rings. The van der Waals surface area contributed by atoms with E-state index in [-0.39, 0.29) is 18.4 Å². The van der Waals surface area contributed by atoms with Gasteiger partial charge >= 0.3 is 0 Å². The van der Waals surface area contributed by atoms with E-state index in [4.69, 9.17) is 16.3 Å². The van der Waals surface area contributed by atoms with E-state index < -0.39 is 5.54 Å². The smallest absolute Gasteiger partial charge is 0.277 e. The van der Waals surface area contributed by atoms with E-state index in [2.05, 4.69) is 10.4 Å². The van der Waals surface area contributed by atoms with Crippen molar-refractivity contribution in [3.63, 3.8) is 0 Å². The lowest BCUT2D eigenvalue weighted by Crippen LogP contribution is -2.64. The number of rotatable bonds is 7. The highest BCUT2D eigenvalue weighted by molar-refractivity contribution is 6.32. The second-order valence-electron chi connectivity index (χ2n) is 8.34. The van der Waals surface area contributed by atoms with Crippen LogP contribution in [0.4, 0.5) is 5.69 Å². The standard InChI is InChI=1S/C25H27ClN4O3/c1-17-19(26)11-7-12-21(17)30-23(31)22-15-20(18-9-5-4-6-10-18)28-29(22)16-25(30,2)24(32)27-13-8-14-33-3/h4-7,9-12,15H,8,13-14,16H2,1-3H3,(H,27,32)/t25-/m0/s1. The normalized spacial score (nSPS) is 17.7. The van der Waals surface area contributed by atoms with Crippen molar-refractivity contribution >= 4 is 29.1 Å². The van der Waals surface area contributed by atoms with Gasteiger partial charge in [-0.3, -0.25) is 19.2 Å². The van der Waals surface area contributed by atoms with Crippen molar-refractivity contribution in [2.24, 2.45) is 0 Å². The number of carbonyl (C=O) groups is 2. The van der Waals surface area contributed by atoms with Gasteiger partial charge < -0.3 is 10.1 Å². The van der Waals surface area contributed by atoms with Crippen molar-refractivity contribution in [1.82, 2.24) is 15.1 Å². The van der Waals surface area contributed by atoms with Crippen LogP contribution in [0, 0.1) is 6.92 Å². The van der Waals surface area contributed by atoms with E-state index in [0.717, 1.165) is 11.1 Å². The van der Waals surface area contributed by atoms with Crippen LogP contribution in [0.2, 0.25) is 5.02 Å². The molecule has 0 saturated carbocycles. The van der Waals surface area contributed by atoms with Crippen molar-refractivity contribution in [3.05, 3.63) is 70.9 Å². The monoisotopic (exact) mass is 466 g/mol. The number of benzene rings is 2. The summed E-state index contributed by atoms with van der Waals surface area (Å²) in [4.78, 5) is 28.9. The Morgan fingerprint density at radius 2 is 1.97 bits per heavy atom. The van der Waals surface area contributed by atoms with Crippen LogP contribution in [-0.2, 0) is 16.1 Å². The molecule has 4 rings (SSSR count). The number of halogens is 1.